The highest BCUT2D eigenvalue weighted by molar-refractivity contribution is 6.18. The monoisotopic (exact) mass is 319 g/mol. The van der Waals surface area contributed by atoms with E-state index in [-0.39, 0.29) is 16.9 Å². The largest absolute Gasteiger partial charge is 0.502 e. The van der Waals surface area contributed by atoms with E-state index < -0.39 is 11.5 Å². The highest BCUT2D eigenvalue weighted by Crippen LogP contribution is 2.32. The third-order valence-electron chi connectivity index (χ3n) is 3.44. The van der Waals surface area contributed by atoms with Gasteiger partial charge in [0, 0.05) is 0 Å². The van der Waals surface area contributed by atoms with Crippen LogP contribution in [0.1, 0.15) is 40.5 Å². The highest BCUT2D eigenvalue weighted by atomic mass is 16.5. The number of nitriles is 2. The summed E-state index contributed by atoms with van der Waals surface area (Å²) >= 11 is 0. The Kier molecular flexibility index (Phi) is 10.1. The Labute approximate surface area is 138 Å². The molecule has 0 radical (unpaired) electrons. The average Bonchev–Trinajstić information content (AvgIpc) is 2.59. The van der Waals surface area contributed by atoms with Gasteiger partial charge < -0.3 is 14.7 Å². The fourth-order valence-corrected chi connectivity index (χ4v) is 1.87. The number of allylic oxidation sites excluding steroid dienone is 3. The molecule has 6 heteroatoms. The lowest BCUT2D eigenvalue weighted by atomic mass is 9.91. The summed E-state index contributed by atoms with van der Waals surface area (Å²) in [6.07, 6.45) is 1.68. The lowest BCUT2D eigenvalue weighted by molar-refractivity contribution is -0.117. The van der Waals surface area contributed by atoms with Crippen LogP contribution in [0.25, 0.3) is 0 Å². The molecule has 0 spiro atoms. The number of hydrogen-bond acceptors (Lipinski definition) is 6. The Balaban J connectivity index is 0.000000585. The minimum atomic E-state index is -0.704. The molecule has 0 heterocycles. The molecule has 0 amide bonds. The van der Waals surface area contributed by atoms with Crippen molar-refractivity contribution in [3.05, 3.63) is 22.7 Å². The summed E-state index contributed by atoms with van der Waals surface area (Å²) in [4.78, 5) is 13.6. The molecule has 0 saturated heterocycles. The van der Waals surface area contributed by atoms with E-state index in [2.05, 4.69) is 25.7 Å². The van der Waals surface area contributed by atoms with E-state index in [1.807, 2.05) is 6.92 Å². The van der Waals surface area contributed by atoms with Crippen molar-refractivity contribution >= 4 is 5.78 Å². The Morgan fingerprint density at radius 3 is 2.00 bits per heavy atom. The van der Waals surface area contributed by atoms with Crippen molar-refractivity contribution < 1.29 is 14.6 Å². The van der Waals surface area contributed by atoms with Crippen molar-refractivity contribution in [2.75, 3.05) is 26.2 Å². The summed E-state index contributed by atoms with van der Waals surface area (Å²) < 4.78 is 5.15. The molecular formula is C17H25N3O3. The second kappa shape index (κ2) is 11.3. The van der Waals surface area contributed by atoms with Crippen LogP contribution >= 0.6 is 0 Å². The van der Waals surface area contributed by atoms with Crippen LogP contribution in [0, 0.1) is 22.7 Å². The topological polar surface area (TPSA) is 97.3 Å². The van der Waals surface area contributed by atoms with Gasteiger partial charge in [-0.3, -0.25) is 4.79 Å². The van der Waals surface area contributed by atoms with Crippen molar-refractivity contribution in [3.63, 3.8) is 0 Å². The number of hydrogen-bond donors (Lipinski definition) is 1. The van der Waals surface area contributed by atoms with Crippen LogP contribution in [-0.2, 0) is 9.53 Å². The maximum Gasteiger partial charge on any atom is 0.237 e. The SMILES string of the molecule is CCCCOC1=C(O)C(=O)C1=C(C#N)C#N.CCN(CC)CC. The van der Waals surface area contributed by atoms with Gasteiger partial charge >= 0.3 is 0 Å². The molecule has 1 aliphatic rings. The molecule has 0 aromatic carbocycles. The molecule has 6 nitrogen and oxygen atoms in total. The van der Waals surface area contributed by atoms with Crippen LogP contribution in [0.15, 0.2) is 22.7 Å². The van der Waals surface area contributed by atoms with Crippen LogP contribution in [0.3, 0.4) is 0 Å². The minimum Gasteiger partial charge on any atom is -0.502 e. The number of ether oxygens (including phenoxy) is 1. The lowest BCUT2D eigenvalue weighted by Crippen LogP contribution is -2.25. The summed E-state index contributed by atoms with van der Waals surface area (Å²) in [5.74, 6) is -1.24. The molecule has 1 rings (SSSR count). The van der Waals surface area contributed by atoms with Crippen molar-refractivity contribution in [1.29, 1.82) is 10.5 Å². The van der Waals surface area contributed by atoms with E-state index in [0.717, 1.165) is 12.8 Å². The number of unbranched alkanes of at least 4 members (excludes halogenated alkanes) is 1. The van der Waals surface area contributed by atoms with Gasteiger partial charge in [-0.1, -0.05) is 34.1 Å². The fourth-order valence-electron chi connectivity index (χ4n) is 1.87. The Morgan fingerprint density at radius 2 is 1.65 bits per heavy atom. The van der Waals surface area contributed by atoms with Gasteiger partial charge in [0.2, 0.25) is 11.5 Å². The molecule has 126 valence electrons. The summed E-state index contributed by atoms with van der Waals surface area (Å²) in [7, 11) is 0. The van der Waals surface area contributed by atoms with Crippen LogP contribution in [0.4, 0.5) is 0 Å². The molecule has 0 fully saturated rings. The number of aliphatic hydroxyl groups is 1. The minimum absolute atomic E-state index is 0.0310. The number of carbonyl (C=O) groups is 1. The molecule has 0 aromatic heterocycles. The van der Waals surface area contributed by atoms with Gasteiger partial charge in [-0.15, -0.1) is 0 Å². The first-order valence-corrected chi connectivity index (χ1v) is 7.89. The smallest absolute Gasteiger partial charge is 0.237 e. The Morgan fingerprint density at radius 1 is 1.13 bits per heavy atom. The number of ketones is 1. The van der Waals surface area contributed by atoms with E-state index in [9.17, 15) is 9.90 Å². The summed E-state index contributed by atoms with van der Waals surface area (Å²) in [5, 5.41) is 26.5. The fraction of sp³-hybridized carbons (Fsp3) is 0.588. The molecule has 0 bridgehead atoms. The lowest BCUT2D eigenvalue weighted by Gasteiger charge is -2.21. The number of nitrogens with zero attached hydrogens (tertiary/aromatic N) is 3. The van der Waals surface area contributed by atoms with Gasteiger partial charge in [0.15, 0.2) is 5.76 Å². The quantitative estimate of drug-likeness (QED) is 0.440. The zero-order valence-electron chi connectivity index (χ0n) is 14.3. The van der Waals surface area contributed by atoms with E-state index >= 15 is 0 Å². The standard InChI is InChI=1S/C11H10N2O3.C6H15N/c1-2-3-4-16-11-8(7(5-12)6-13)9(14)10(11)15;1-4-7(5-2)6-3/h15H,2-4H2,1H3;4-6H2,1-3H3. The predicted molar refractivity (Wildman–Crippen MR) is 87.2 cm³/mol. The first-order valence-electron chi connectivity index (χ1n) is 7.89. The Bertz CT molecular complexity index is 525. The van der Waals surface area contributed by atoms with Crippen molar-refractivity contribution in [1.82, 2.24) is 4.90 Å². The summed E-state index contributed by atoms with van der Waals surface area (Å²) in [6.45, 7) is 12.4. The maximum absolute atomic E-state index is 11.2. The van der Waals surface area contributed by atoms with E-state index in [0.29, 0.717) is 6.61 Å². The number of carbonyl (C=O) groups excluding carboxylic acids is 1. The molecule has 0 saturated carbocycles. The molecule has 1 aliphatic carbocycles. The Hall–Kier alpha value is -2.31. The van der Waals surface area contributed by atoms with Crippen LogP contribution < -0.4 is 0 Å². The number of Topliss-reactive ketones (excluding diaryl/α,β-unsaturated/α-hetero) is 1. The van der Waals surface area contributed by atoms with Crippen LogP contribution in [-0.4, -0.2) is 42.0 Å². The van der Waals surface area contributed by atoms with E-state index in [1.54, 1.807) is 12.1 Å². The third kappa shape index (κ3) is 5.77. The first kappa shape index (κ1) is 20.7. The van der Waals surface area contributed by atoms with E-state index in [4.69, 9.17) is 15.3 Å². The summed E-state index contributed by atoms with van der Waals surface area (Å²) in [6, 6.07) is 3.19. The first-order chi connectivity index (χ1) is 11.0. The zero-order valence-corrected chi connectivity index (χ0v) is 14.3. The third-order valence-corrected chi connectivity index (χ3v) is 3.44. The molecule has 0 aromatic rings. The van der Waals surface area contributed by atoms with Crippen LogP contribution in [0.5, 0.6) is 0 Å². The molecule has 1 N–H and O–H groups in total. The number of rotatable bonds is 7. The molecule has 0 aliphatic heterocycles. The van der Waals surface area contributed by atoms with Crippen molar-refractivity contribution in [3.8, 4) is 12.1 Å². The van der Waals surface area contributed by atoms with Crippen molar-refractivity contribution in [2.24, 2.45) is 0 Å². The predicted octanol–water partition coefficient (Wildman–Crippen LogP) is 2.85. The van der Waals surface area contributed by atoms with Crippen LogP contribution in [0.2, 0.25) is 0 Å². The van der Waals surface area contributed by atoms with Gasteiger partial charge in [-0.05, 0) is 26.1 Å². The highest BCUT2D eigenvalue weighted by Gasteiger charge is 2.38. The molecule has 0 atom stereocenters. The van der Waals surface area contributed by atoms with Gasteiger partial charge in [0.25, 0.3) is 0 Å². The second-order valence-electron chi connectivity index (χ2n) is 4.80. The summed E-state index contributed by atoms with van der Waals surface area (Å²) in [5.41, 5.74) is -0.437. The molecule has 0 unspecified atom stereocenters. The maximum atomic E-state index is 11.2. The number of aliphatic hydroxyl groups excluding tert-OH is 1. The average molecular weight is 319 g/mol. The van der Waals surface area contributed by atoms with E-state index in [1.165, 1.54) is 19.6 Å². The molecular weight excluding hydrogens is 294 g/mol. The van der Waals surface area contributed by atoms with Gasteiger partial charge in [-0.25, -0.2) is 0 Å². The van der Waals surface area contributed by atoms with Gasteiger partial charge in [0.05, 0.1) is 6.61 Å². The van der Waals surface area contributed by atoms with Crippen molar-refractivity contribution in [2.45, 2.75) is 40.5 Å². The normalized spacial score (nSPS) is 12.8. The van der Waals surface area contributed by atoms with Gasteiger partial charge in [0.1, 0.15) is 23.3 Å². The molecule has 23 heavy (non-hydrogen) atoms. The van der Waals surface area contributed by atoms with Gasteiger partial charge in [-0.2, -0.15) is 10.5 Å². The second-order valence-corrected chi connectivity index (χ2v) is 4.80. The zero-order chi connectivity index (χ0) is 17.8.